The number of carbonyl (C=O) groups excluding carboxylic acids is 1. The van der Waals surface area contributed by atoms with Crippen LogP contribution in [0.5, 0.6) is 0 Å². The lowest BCUT2D eigenvalue weighted by Crippen LogP contribution is -2.30. The number of urea groups is 1. The number of hydrogen-bond donors (Lipinski definition) is 2. The van der Waals surface area contributed by atoms with Crippen molar-refractivity contribution in [3.05, 3.63) is 66.6 Å². The summed E-state index contributed by atoms with van der Waals surface area (Å²) in [5.41, 5.74) is 2.78. The number of aromatic nitrogens is 2. The molecule has 22 heavy (non-hydrogen) atoms. The summed E-state index contributed by atoms with van der Waals surface area (Å²) in [6.45, 7) is 0.543. The molecule has 0 aliphatic heterocycles. The number of carbonyl (C=O) groups is 1. The molecule has 0 bridgehead atoms. The topological polar surface area (TPSA) is 66.9 Å². The largest absolute Gasteiger partial charge is 0.338 e. The van der Waals surface area contributed by atoms with E-state index in [1.165, 1.54) is 0 Å². The number of nitrogens with one attached hydrogen (secondary N) is 2. The monoisotopic (exact) mass is 292 g/mol. The minimum absolute atomic E-state index is 0.235. The number of pyridine rings is 2. The van der Waals surface area contributed by atoms with E-state index >= 15 is 0 Å². The third-order valence-corrected chi connectivity index (χ3v) is 3.32. The molecule has 110 valence electrons. The van der Waals surface area contributed by atoms with Gasteiger partial charge in [0, 0.05) is 24.3 Å². The maximum atomic E-state index is 11.8. The second-order valence-corrected chi connectivity index (χ2v) is 4.86. The van der Waals surface area contributed by atoms with Crippen molar-refractivity contribution in [2.45, 2.75) is 6.42 Å². The summed E-state index contributed by atoms with van der Waals surface area (Å²) in [5.74, 6) is 0. The van der Waals surface area contributed by atoms with Crippen molar-refractivity contribution in [2.75, 3.05) is 11.9 Å². The highest BCUT2D eigenvalue weighted by Crippen LogP contribution is 2.15. The maximum Gasteiger partial charge on any atom is 0.319 e. The van der Waals surface area contributed by atoms with Crippen LogP contribution in [0.1, 0.15) is 5.56 Å². The Hall–Kier alpha value is -2.95. The fourth-order valence-electron chi connectivity index (χ4n) is 2.29. The molecule has 0 spiro atoms. The Morgan fingerprint density at radius 2 is 1.91 bits per heavy atom. The number of hydrogen-bond acceptors (Lipinski definition) is 3. The van der Waals surface area contributed by atoms with Crippen LogP contribution in [0.2, 0.25) is 0 Å². The lowest BCUT2D eigenvalue weighted by Gasteiger charge is -2.08. The van der Waals surface area contributed by atoms with Gasteiger partial charge in [-0.25, -0.2) is 4.79 Å². The van der Waals surface area contributed by atoms with Gasteiger partial charge in [-0.1, -0.05) is 24.3 Å². The lowest BCUT2D eigenvalue weighted by atomic mass is 10.1. The van der Waals surface area contributed by atoms with Crippen molar-refractivity contribution in [1.29, 1.82) is 0 Å². The molecule has 0 unspecified atom stereocenters. The van der Waals surface area contributed by atoms with Gasteiger partial charge in [0.15, 0.2) is 0 Å². The Morgan fingerprint density at radius 1 is 1.05 bits per heavy atom. The first-order valence-corrected chi connectivity index (χ1v) is 7.10. The summed E-state index contributed by atoms with van der Waals surface area (Å²) in [6.07, 6.45) is 5.79. The van der Waals surface area contributed by atoms with E-state index < -0.39 is 0 Å². The molecular formula is C17H16N4O. The summed E-state index contributed by atoms with van der Waals surface area (Å²) in [5, 5.41) is 6.69. The Labute approximate surface area is 128 Å². The molecule has 2 heterocycles. The Morgan fingerprint density at radius 3 is 2.77 bits per heavy atom. The fraction of sp³-hybridized carbons (Fsp3) is 0.118. The molecule has 0 saturated carbocycles. The van der Waals surface area contributed by atoms with E-state index in [1.54, 1.807) is 30.7 Å². The lowest BCUT2D eigenvalue weighted by molar-refractivity contribution is 0.252. The predicted octanol–water partition coefficient (Wildman–Crippen LogP) is 2.99. The van der Waals surface area contributed by atoms with Gasteiger partial charge in [0.1, 0.15) is 0 Å². The number of para-hydroxylation sites is 1. The molecule has 0 atom stereocenters. The average Bonchev–Trinajstić information content (AvgIpc) is 2.56. The second kappa shape index (κ2) is 6.67. The SMILES string of the molecule is O=C(NCCc1cccc2cccnc12)Nc1cccnc1. The molecule has 0 aliphatic carbocycles. The van der Waals surface area contributed by atoms with E-state index in [9.17, 15) is 4.79 Å². The molecule has 5 nitrogen and oxygen atoms in total. The first-order chi connectivity index (χ1) is 10.8. The van der Waals surface area contributed by atoms with Gasteiger partial charge < -0.3 is 10.6 Å². The number of amides is 2. The standard InChI is InChI=1S/C17H16N4O/c22-17(21-15-7-3-9-18-12-15)20-11-8-14-5-1-4-13-6-2-10-19-16(13)14/h1-7,9-10,12H,8,11H2,(H2,20,21,22). The van der Waals surface area contributed by atoms with Crippen molar-refractivity contribution in [1.82, 2.24) is 15.3 Å². The van der Waals surface area contributed by atoms with Gasteiger partial charge in [-0.3, -0.25) is 9.97 Å². The van der Waals surface area contributed by atoms with Crippen molar-refractivity contribution in [3.8, 4) is 0 Å². The third kappa shape index (κ3) is 3.38. The van der Waals surface area contributed by atoms with Gasteiger partial charge in [-0.15, -0.1) is 0 Å². The number of fused-ring (bicyclic) bond motifs is 1. The molecule has 3 rings (SSSR count). The van der Waals surface area contributed by atoms with E-state index in [0.29, 0.717) is 12.2 Å². The smallest absolute Gasteiger partial charge is 0.319 e. The van der Waals surface area contributed by atoms with E-state index in [0.717, 1.165) is 22.9 Å². The average molecular weight is 292 g/mol. The van der Waals surface area contributed by atoms with Gasteiger partial charge in [-0.05, 0) is 30.2 Å². The molecule has 3 aromatic rings. The van der Waals surface area contributed by atoms with Crippen LogP contribution in [0, 0.1) is 0 Å². The zero-order valence-corrected chi connectivity index (χ0v) is 12.0. The molecular weight excluding hydrogens is 276 g/mol. The molecule has 2 aromatic heterocycles. The van der Waals surface area contributed by atoms with Gasteiger partial charge in [0.25, 0.3) is 0 Å². The number of nitrogens with zero attached hydrogens (tertiary/aromatic N) is 2. The summed E-state index contributed by atoms with van der Waals surface area (Å²) < 4.78 is 0. The summed E-state index contributed by atoms with van der Waals surface area (Å²) in [7, 11) is 0. The first-order valence-electron chi connectivity index (χ1n) is 7.10. The first kappa shape index (κ1) is 14.0. The molecule has 5 heteroatoms. The van der Waals surface area contributed by atoms with E-state index in [2.05, 4.69) is 20.6 Å². The van der Waals surface area contributed by atoms with Crippen LogP contribution in [0.3, 0.4) is 0 Å². The number of rotatable bonds is 4. The van der Waals surface area contributed by atoms with Crippen molar-refractivity contribution < 1.29 is 4.79 Å². The van der Waals surface area contributed by atoms with Crippen LogP contribution >= 0.6 is 0 Å². The Bertz CT molecular complexity index is 768. The highest BCUT2D eigenvalue weighted by atomic mass is 16.2. The maximum absolute atomic E-state index is 11.8. The Kier molecular flexibility index (Phi) is 4.25. The highest BCUT2D eigenvalue weighted by Gasteiger charge is 2.04. The van der Waals surface area contributed by atoms with Gasteiger partial charge in [-0.2, -0.15) is 0 Å². The molecule has 1 aromatic carbocycles. The molecule has 0 fully saturated rings. The van der Waals surface area contributed by atoms with E-state index in [4.69, 9.17) is 0 Å². The normalized spacial score (nSPS) is 10.4. The van der Waals surface area contributed by atoms with E-state index in [-0.39, 0.29) is 6.03 Å². The third-order valence-electron chi connectivity index (χ3n) is 3.32. The highest BCUT2D eigenvalue weighted by molar-refractivity contribution is 5.89. The summed E-state index contributed by atoms with van der Waals surface area (Å²) in [4.78, 5) is 20.2. The fourth-order valence-corrected chi connectivity index (χ4v) is 2.29. The van der Waals surface area contributed by atoms with Crippen molar-refractivity contribution in [2.24, 2.45) is 0 Å². The zero-order valence-electron chi connectivity index (χ0n) is 12.0. The van der Waals surface area contributed by atoms with Crippen LogP contribution in [0.25, 0.3) is 10.9 Å². The minimum atomic E-state index is -0.235. The molecule has 2 N–H and O–H groups in total. The van der Waals surface area contributed by atoms with Crippen LogP contribution < -0.4 is 10.6 Å². The van der Waals surface area contributed by atoms with Gasteiger partial charge in [0.2, 0.25) is 0 Å². The molecule has 0 saturated heterocycles. The number of benzene rings is 1. The van der Waals surface area contributed by atoms with Crippen LogP contribution in [-0.4, -0.2) is 22.5 Å². The van der Waals surface area contributed by atoms with Gasteiger partial charge >= 0.3 is 6.03 Å². The van der Waals surface area contributed by atoms with Crippen molar-refractivity contribution in [3.63, 3.8) is 0 Å². The quantitative estimate of drug-likeness (QED) is 0.777. The predicted molar refractivity (Wildman–Crippen MR) is 86.7 cm³/mol. The van der Waals surface area contributed by atoms with Gasteiger partial charge in [0.05, 0.1) is 17.4 Å². The summed E-state index contributed by atoms with van der Waals surface area (Å²) in [6, 6.07) is 13.4. The number of anilines is 1. The Balaban J connectivity index is 1.57. The van der Waals surface area contributed by atoms with Crippen LogP contribution in [0.4, 0.5) is 10.5 Å². The molecule has 0 radical (unpaired) electrons. The van der Waals surface area contributed by atoms with Crippen LogP contribution in [-0.2, 0) is 6.42 Å². The zero-order chi connectivity index (χ0) is 15.2. The van der Waals surface area contributed by atoms with Crippen molar-refractivity contribution >= 4 is 22.6 Å². The summed E-state index contributed by atoms with van der Waals surface area (Å²) >= 11 is 0. The minimum Gasteiger partial charge on any atom is -0.338 e. The van der Waals surface area contributed by atoms with Crippen LogP contribution in [0.15, 0.2) is 61.1 Å². The molecule has 2 amide bonds. The molecule has 0 aliphatic rings. The second-order valence-electron chi connectivity index (χ2n) is 4.86. The van der Waals surface area contributed by atoms with E-state index in [1.807, 2.05) is 30.3 Å².